The smallest absolute Gasteiger partial charge is 0.251 e. The van der Waals surface area contributed by atoms with Crippen molar-refractivity contribution in [2.24, 2.45) is 4.99 Å². The highest BCUT2D eigenvalue weighted by molar-refractivity contribution is 6.09. The predicted octanol–water partition coefficient (Wildman–Crippen LogP) is 3.49. The number of hydrogen-bond acceptors (Lipinski definition) is 4. The number of aliphatic imine (C=N–C) groups is 1. The second-order valence-corrected chi connectivity index (χ2v) is 5.60. The summed E-state index contributed by atoms with van der Waals surface area (Å²) < 4.78 is 5.17. The molecule has 0 spiro atoms. The van der Waals surface area contributed by atoms with Crippen LogP contribution in [-0.4, -0.2) is 30.4 Å². The van der Waals surface area contributed by atoms with E-state index in [1.54, 1.807) is 12.0 Å². The summed E-state index contributed by atoms with van der Waals surface area (Å²) in [6.07, 6.45) is 0.920. The molecule has 1 N–H and O–H groups in total. The van der Waals surface area contributed by atoms with Crippen LogP contribution >= 0.6 is 12.4 Å². The van der Waals surface area contributed by atoms with Crippen LogP contribution in [0.2, 0.25) is 0 Å². The molecule has 2 aromatic carbocycles. The number of carbonyl (C=O) groups is 1. The third kappa shape index (κ3) is 4.31. The molecule has 0 saturated heterocycles. The van der Waals surface area contributed by atoms with Crippen LogP contribution in [0.1, 0.15) is 18.1 Å². The lowest BCUT2D eigenvalue weighted by molar-refractivity contribution is -0.125. The lowest BCUT2D eigenvalue weighted by atomic mass is 10.1. The Morgan fingerprint density at radius 3 is 2.56 bits per heavy atom. The molecule has 132 valence electrons. The fraction of sp³-hybridized carbons (Fsp3) is 0.263. The van der Waals surface area contributed by atoms with Gasteiger partial charge in [-0.25, -0.2) is 4.99 Å². The van der Waals surface area contributed by atoms with Gasteiger partial charge in [-0.3, -0.25) is 9.69 Å². The number of carbonyl (C=O) groups excluding carboxylic acids is 1. The highest BCUT2D eigenvalue weighted by Crippen LogP contribution is 2.19. The third-order valence-electron chi connectivity index (χ3n) is 4.07. The highest BCUT2D eigenvalue weighted by atomic mass is 35.5. The van der Waals surface area contributed by atoms with E-state index < -0.39 is 0 Å². The summed E-state index contributed by atoms with van der Waals surface area (Å²) in [6, 6.07) is 15.8. The zero-order valence-electron chi connectivity index (χ0n) is 14.4. The molecule has 1 aliphatic rings. The second kappa shape index (κ2) is 8.53. The number of aryl methyl sites for hydroxylation is 1. The number of benzene rings is 2. The van der Waals surface area contributed by atoms with Crippen molar-refractivity contribution in [3.8, 4) is 5.75 Å². The first kappa shape index (κ1) is 18.8. The topological polar surface area (TPSA) is 53.9 Å². The molecule has 0 saturated carbocycles. The average Bonchev–Trinajstić information content (AvgIpc) is 2.96. The van der Waals surface area contributed by atoms with Crippen molar-refractivity contribution in [2.45, 2.75) is 19.9 Å². The minimum absolute atomic E-state index is 0. The number of halogens is 1. The van der Waals surface area contributed by atoms with Gasteiger partial charge >= 0.3 is 0 Å². The van der Waals surface area contributed by atoms with E-state index in [4.69, 9.17) is 4.74 Å². The maximum absolute atomic E-state index is 12.2. The van der Waals surface area contributed by atoms with E-state index in [1.165, 1.54) is 5.56 Å². The number of rotatable bonds is 5. The molecule has 25 heavy (non-hydrogen) atoms. The lowest BCUT2D eigenvalue weighted by Gasteiger charge is -2.20. The van der Waals surface area contributed by atoms with Crippen LogP contribution in [0.15, 0.2) is 53.5 Å². The molecular weight excluding hydrogens is 338 g/mol. The van der Waals surface area contributed by atoms with Crippen LogP contribution in [0, 0.1) is 0 Å². The van der Waals surface area contributed by atoms with Crippen molar-refractivity contribution in [3.63, 3.8) is 0 Å². The fourth-order valence-corrected chi connectivity index (χ4v) is 2.69. The van der Waals surface area contributed by atoms with Crippen molar-refractivity contribution in [1.29, 1.82) is 0 Å². The van der Waals surface area contributed by atoms with E-state index >= 15 is 0 Å². The van der Waals surface area contributed by atoms with E-state index in [9.17, 15) is 4.79 Å². The van der Waals surface area contributed by atoms with Gasteiger partial charge in [0.05, 0.1) is 13.7 Å². The van der Waals surface area contributed by atoms with Gasteiger partial charge in [-0.15, -0.1) is 12.4 Å². The Labute approximate surface area is 154 Å². The van der Waals surface area contributed by atoms with E-state index in [2.05, 4.69) is 23.3 Å². The molecule has 6 heteroatoms. The summed E-state index contributed by atoms with van der Waals surface area (Å²) >= 11 is 0. The Kier molecular flexibility index (Phi) is 6.42. The standard InChI is InChI=1S/C19H21N3O2.ClH/c1-3-15-6-4-5-7-17(15)21-19-20-12-18(23)22(19)13-14-8-10-16(24-2)11-9-14;/h4-11H,3,12-13H2,1-2H3,(H,20,21);1H. The molecule has 0 bridgehead atoms. The number of nitrogens with zero attached hydrogens (tertiary/aromatic N) is 2. The molecule has 5 nitrogen and oxygen atoms in total. The number of methoxy groups -OCH3 is 1. The Morgan fingerprint density at radius 2 is 1.88 bits per heavy atom. The van der Waals surface area contributed by atoms with Gasteiger partial charge in [0.2, 0.25) is 5.96 Å². The Hall–Kier alpha value is -2.53. The Bertz CT molecular complexity index is 760. The zero-order valence-corrected chi connectivity index (χ0v) is 15.2. The van der Waals surface area contributed by atoms with Gasteiger partial charge in [0.15, 0.2) is 0 Å². The van der Waals surface area contributed by atoms with Crippen molar-refractivity contribution >= 4 is 30.0 Å². The van der Waals surface area contributed by atoms with Crippen molar-refractivity contribution in [2.75, 3.05) is 19.0 Å². The van der Waals surface area contributed by atoms with Gasteiger partial charge in [-0.05, 0) is 35.7 Å². The van der Waals surface area contributed by atoms with Gasteiger partial charge in [-0.1, -0.05) is 37.3 Å². The molecule has 0 atom stereocenters. The first-order chi connectivity index (χ1) is 11.7. The van der Waals surface area contributed by atoms with Crippen LogP contribution in [0.3, 0.4) is 0 Å². The maximum atomic E-state index is 12.2. The molecule has 1 heterocycles. The number of amides is 1. The summed E-state index contributed by atoms with van der Waals surface area (Å²) in [5.41, 5.74) is 3.22. The zero-order chi connectivity index (χ0) is 16.9. The molecule has 0 aliphatic carbocycles. The molecule has 0 aromatic heterocycles. The summed E-state index contributed by atoms with van der Waals surface area (Å²) in [4.78, 5) is 18.2. The first-order valence-electron chi connectivity index (χ1n) is 8.04. The van der Waals surface area contributed by atoms with Gasteiger partial charge in [0.25, 0.3) is 5.91 Å². The minimum Gasteiger partial charge on any atom is -0.497 e. The van der Waals surface area contributed by atoms with E-state index in [0.717, 1.165) is 23.4 Å². The second-order valence-electron chi connectivity index (χ2n) is 5.60. The third-order valence-corrected chi connectivity index (χ3v) is 4.07. The van der Waals surface area contributed by atoms with Crippen molar-refractivity contribution < 1.29 is 9.53 Å². The van der Waals surface area contributed by atoms with E-state index in [1.807, 2.05) is 42.5 Å². The number of hydrogen-bond donors (Lipinski definition) is 1. The molecule has 0 radical (unpaired) electrons. The van der Waals surface area contributed by atoms with Crippen LogP contribution in [-0.2, 0) is 17.8 Å². The van der Waals surface area contributed by atoms with E-state index in [-0.39, 0.29) is 24.9 Å². The summed E-state index contributed by atoms with van der Waals surface area (Å²) in [6.45, 7) is 2.78. The Balaban J connectivity index is 0.00000225. The number of nitrogens with one attached hydrogen (secondary N) is 1. The summed E-state index contributed by atoms with van der Waals surface area (Å²) in [5.74, 6) is 1.41. The van der Waals surface area contributed by atoms with Gasteiger partial charge in [0, 0.05) is 5.69 Å². The number of ether oxygens (including phenoxy) is 1. The molecule has 0 unspecified atom stereocenters. The molecule has 1 aliphatic heterocycles. The van der Waals surface area contributed by atoms with Crippen LogP contribution in [0.25, 0.3) is 0 Å². The SMILES string of the molecule is CCc1ccccc1NC1=NCC(=O)N1Cc1ccc(OC)cc1.Cl. The Morgan fingerprint density at radius 1 is 1.16 bits per heavy atom. The van der Waals surface area contributed by atoms with Crippen molar-refractivity contribution in [1.82, 2.24) is 4.90 Å². The predicted molar refractivity (Wildman–Crippen MR) is 103 cm³/mol. The molecule has 2 aromatic rings. The average molecular weight is 360 g/mol. The first-order valence-corrected chi connectivity index (χ1v) is 8.04. The van der Waals surface area contributed by atoms with Gasteiger partial charge < -0.3 is 10.1 Å². The van der Waals surface area contributed by atoms with Crippen LogP contribution in [0.4, 0.5) is 5.69 Å². The molecule has 3 rings (SSSR count). The maximum Gasteiger partial charge on any atom is 0.251 e. The van der Waals surface area contributed by atoms with Crippen molar-refractivity contribution in [3.05, 3.63) is 59.7 Å². The summed E-state index contributed by atoms with van der Waals surface area (Å²) in [5, 5.41) is 3.31. The fourth-order valence-electron chi connectivity index (χ4n) is 2.69. The molecule has 0 fully saturated rings. The highest BCUT2D eigenvalue weighted by Gasteiger charge is 2.26. The van der Waals surface area contributed by atoms with Gasteiger partial charge in [0.1, 0.15) is 12.3 Å². The van der Waals surface area contributed by atoms with E-state index in [0.29, 0.717) is 12.5 Å². The number of anilines is 1. The monoisotopic (exact) mass is 359 g/mol. The van der Waals surface area contributed by atoms with Crippen LogP contribution < -0.4 is 10.1 Å². The number of guanidine groups is 1. The molecule has 1 amide bonds. The van der Waals surface area contributed by atoms with Crippen LogP contribution in [0.5, 0.6) is 5.75 Å². The minimum atomic E-state index is 0. The lowest BCUT2D eigenvalue weighted by Crippen LogP contribution is -2.36. The summed E-state index contributed by atoms with van der Waals surface area (Å²) in [7, 11) is 1.64. The number of para-hydroxylation sites is 1. The quantitative estimate of drug-likeness (QED) is 0.889. The molecular formula is C19H22ClN3O2. The normalized spacial score (nSPS) is 13.3. The largest absolute Gasteiger partial charge is 0.497 e. The van der Waals surface area contributed by atoms with Gasteiger partial charge in [-0.2, -0.15) is 0 Å².